The molecule has 0 aromatic carbocycles. The molecule has 0 unspecified atom stereocenters. The Labute approximate surface area is 384 Å². The summed E-state index contributed by atoms with van der Waals surface area (Å²) >= 11 is 3.87. The number of nitriles is 1. The van der Waals surface area contributed by atoms with Crippen molar-refractivity contribution >= 4 is 67.1 Å². The van der Waals surface area contributed by atoms with Crippen LogP contribution in [0.2, 0.25) is 0 Å². The number of carbonyl (C=O) groups is 3. The van der Waals surface area contributed by atoms with Crippen LogP contribution in [0.25, 0.3) is 17.1 Å². The molecule has 3 amide bonds. The van der Waals surface area contributed by atoms with Gasteiger partial charge in [-0.2, -0.15) is 5.26 Å². The van der Waals surface area contributed by atoms with Crippen molar-refractivity contribution in [3.8, 4) is 23.1 Å². The van der Waals surface area contributed by atoms with Gasteiger partial charge in [0.25, 0.3) is 17.7 Å². The van der Waals surface area contributed by atoms with Crippen LogP contribution in [-0.4, -0.2) is 69.9 Å². The van der Waals surface area contributed by atoms with Crippen molar-refractivity contribution in [1.82, 2.24) is 38.6 Å². The highest BCUT2D eigenvalue weighted by Gasteiger charge is 2.27. The highest BCUT2D eigenvalue weighted by atomic mass is 32.1. The molecule has 0 atom stereocenters. The lowest BCUT2D eigenvalue weighted by molar-refractivity contribution is -0.599. The van der Waals surface area contributed by atoms with Gasteiger partial charge < -0.3 is 13.7 Å². The van der Waals surface area contributed by atoms with Crippen molar-refractivity contribution in [2.75, 3.05) is 28.7 Å². The average Bonchev–Trinajstić information content (AvgIpc) is 4.20. The minimum absolute atomic E-state index is 0.176. The molecule has 322 valence electrons. The molecule has 9 heterocycles. The lowest BCUT2D eigenvalue weighted by Crippen LogP contribution is -2.33. The Balaban J connectivity index is 0.861. The number of nitrogens with one attached hydrogen (secondary N) is 1. The molecule has 0 spiro atoms. The molecule has 1 N–H and O–H groups in total. The van der Waals surface area contributed by atoms with Gasteiger partial charge in [0.1, 0.15) is 28.0 Å². The molecule has 0 radical (unpaired) electrons. The van der Waals surface area contributed by atoms with E-state index in [1.165, 1.54) is 28.9 Å². The van der Waals surface area contributed by atoms with Gasteiger partial charge in [-0.25, -0.2) is 14.5 Å². The minimum atomic E-state index is -0.316. The lowest BCUT2D eigenvalue weighted by Gasteiger charge is -2.17. The molecule has 65 heavy (non-hydrogen) atoms. The van der Waals surface area contributed by atoms with Crippen LogP contribution in [0.4, 0.5) is 15.4 Å². The molecule has 9 aromatic heterocycles. The third-order valence-corrected chi connectivity index (χ3v) is 13.1. The smallest absolute Gasteiger partial charge is 0.339 e. The Morgan fingerprint density at radius 2 is 1.40 bits per heavy atom. The van der Waals surface area contributed by atoms with E-state index in [1.54, 1.807) is 53.8 Å². The maximum Gasteiger partial charge on any atom is 0.341 e. The summed E-state index contributed by atoms with van der Waals surface area (Å²) in [6, 6.07) is 22.6. The molecule has 0 aliphatic carbocycles. The van der Waals surface area contributed by atoms with Gasteiger partial charge in [0.05, 0.1) is 29.7 Å². The summed E-state index contributed by atoms with van der Waals surface area (Å²) in [4.78, 5) is 66.9. The molecule has 0 bridgehead atoms. The molecule has 9 rings (SSSR count). The third kappa shape index (κ3) is 9.12. The number of nitrogens with zero attached hydrogens (tertiary/aromatic N) is 12. The molecule has 19 heteroatoms. The largest absolute Gasteiger partial charge is 0.341 e. The fourth-order valence-electron chi connectivity index (χ4n) is 7.17. The van der Waals surface area contributed by atoms with E-state index >= 15 is 0 Å². The summed E-state index contributed by atoms with van der Waals surface area (Å²) in [5, 5.41) is 17.1. The average molecular weight is 917 g/mol. The lowest BCUT2D eigenvalue weighted by atomic mass is 10.1. The fourth-order valence-corrected chi connectivity index (χ4v) is 9.44. The number of hydrogen-bond acceptors (Lipinski definition) is 12. The second-order valence-corrected chi connectivity index (χ2v) is 17.3. The zero-order chi connectivity index (χ0) is 44.9. The first-order valence-corrected chi connectivity index (χ1v) is 22.8. The van der Waals surface area contributed by atoms with Gasteiger partial charge in [-0.15, -0.1) is 11.3 Å². The van der Waals surface area contributed by atoms with Gasteiger partial charge >= 0.3 is 10.9 Å². The topological polar surface area (TPSA) is 177 Å². The van der Waals surface area contributed by atoms with E-state index in [1.807, 2.05) is 128 Å². The Morgan fingerprint density at radius 3 is 2.11 bits per heavy atom. The number of amides is 3. The summed E-state index contributed by atoms with van der Waals surface area (Å²) < 4.78 is 7.55. The molecule has 0 saturated carbocycles. The first kappa shape index (κ1) is 42.4. The van der Waals surface area contributed by atoms with Gasteiger partial charge in [0.2, 0.25) is 0 Å². The van der Waals surface area contributed by atoms with Gasteiger partial charge in [-0.05, 0) is 95.3 Å². The van der Waals surface area contributed by atoms with Crippen molar-refractivity contribution < 1.29 is 19.0 Å². The van der Waals surface area contributed by atoms with Gasteiger partial charge in [0, 0.05) is 87.5 Å². The van der Waals surface area contributed by atoms with E-state index in [2.05, 4.69) is 20.3 Å². The second-order valence-electron chi connectivity index (χ2n) is 14.6. The molecule has 0 aliphatic rings. The summed E-state index contributed by atoms with van der Waals surface area (Å²) in [6.45, 7) is 3.69. The monoisotopic (exact) mass is 916 g/mol. The maximum atomic E-state index is 14.3. The summed E-state index contributed by atoms with van der Waals surface area (Å²) in [5.41, 5.74) is 5.89. The standard InChI is InChI=1S/C46H37N13O3S3/c1-3-59(46-52-40(30-64-46)55-21-13-32(14-22-55)27-56-18-4-7-37(56)41(60)53-44-50-24-34(23-47)65-44)43(62)39-9-6-20-58(39)28-33-12-17-49-25-35(33)36-29-63-45(51-36)54(2)42(61)38-8-5-19-57(38)26-31-10-15-48-16-11-31/h4-22,24-25,29-30H,3,26-28H2,1-2H3/p+1. The van der Waals surface area contributed by atoms with Gasteiger partial charge in [-0.3, -0.25) is 39.5 Å². The van der Waals surface area contributed by atoms with Crippen LogP contribution in [-0.2, 0) is 19.6 Å². The van der Waals surface area contributed by atoms with Gasteiger partial charge in [0.15, 0.2) is 10.3 Å². The van der Waals surface area contributed by atoms with E-state index in [4.69, 9.17) is 15.2 Å². The van der Waals surface area contributed by atoms with Crippen molar-refractivity contribution in [3.63, 3.8) is 0 Å². The number of thiazole rings is 3. The van der Waals surface area contributed by atoms with E-state index in [0.717, 1.165) is 33.6 Å². The first-order chi connectivity index (χ1) is 31.8. The SMILES string of the molecule is CCN(C(=O)c1cccn1Cc1ccncc1-c1csc(N(C)C(=O)c2cccn2Cc2ccncc2)n1)c1nc(-[n+]2ccc(Cn3cccc3C(=O)Nc3ncc(C#N)s3)cc2)cs1. The van der Waals surface area contributed by atoms with Crippen molar-refractivity contribution in [3.05, 3.63) is 178 Å². The van der Waals surface area contributed by atoms with Crippen molar-refractivity contribution in [2.45, 2.75) is 26.6 Å². The Bertz CT molecular complexity index is 3170. The second kappa shape index (κ2) is 18.8. The van der Waals surface area contributed by atoms with E-state index < -0.39 is 0 Å². The highest BCUT2D eigenvalue weighted by molar-refractivity contribution is 7.16. The van der Waals surface area contributed by atoms with Gasteiger partial charge in [-0.1, -0.05) is 22.7 Å². The van der Waals surface area contributed by atoms with Crippen LogP contribution in [0.3, 0.4) is 0 Å². The van der Waals surface area contributed by atoms with E-state index in [0.29, 0.717) is 75.0 Å². The highest BCUT2D eigenvalue weighted by Crippen LogP contribution is 2.31. The molecule has 0 saturated heterocycles. The molecule has 0 fully saturated rings. The molecule has 0 aliphatic heterocycles. The number of aromatic nitrogens is 9. The van der Waals surface area contributed by atoms with Crippen molar-refractivity contribution in [1.29, 1.82) is 5.26 Å². The Morgan fingerprint density at radius 1 is 0.754 bits per heavy atom. The van der Waals surface area contributed by atoms with E-state index in [9.17, 15) is 14.4 Å². The quantitative estimate of drug-likeness (QED) is 0.103. The zero-order valence-corrected chi connectivity index (χ0v) is 37.4. The van der Waals surface area contributed by atoms with E-state index in [-0.39, 0.29) is 17.7 Å². The molecule has 16 nitrogen and oxygen atoms in total. The predicted molar refractivity (Wildman–Crippen MR) is 249 cm³/mol. The summed E-state index contributed by atoms with van der Waals surface area (Å²) in [6.07, 6.45) is 17.8. The van der Waals surface area contributed by atoms with Crippen LogP contribution in [0.5, 0.6) is 0 Å². The first-order valence-electron chi connectivity index (χ1n) is 20.2. The van der Waals surface area contributed by atoms with Crippen LogP contribution >= 0.6 is 34.0 Å². The molecule has 9 aromatic rings. The summed E-state index contributed by atoms with van der Waals surface area (Å²) in [5.74, 6) is -0.0193. The van der Waals surface area contributed by atoms with Crippen LogP contribution in [0.1, 0.15) is 60.0 Å². The van der Waals surface area contributed by atoms with Crippen LogP contribution in [0, 0.1) is 11.3 Å². The predicted octanol–water partition coefficient (Wildman–Crippen LogP) is 7.41. The number of hydrogen-bond donors (Lipinski definition) is 1. The van der Waals surface area contributed by atoms with Crippen molar-refractivity contribution in [2.24, 2.45) is 0 Å². The number of carbonyl (C=O) groups excluding carboxylic acids is 3. The summed E-state index contributed by atoms with van der Waals surface area (Å²) in [7, 11) is 1.72. The maximum absolute atomic E-state index is 14.3. The fraction of sp³-hybridized carbons (Fsp3) is 0.130. The number of anilines is 3. The Hall–Kier alpha value is -7.92. The van der Waals surface area contributed by atoms with Crippen LogP contribution in [0.15, 0.2) is 139 Å². The molecular formula is C46H38N13O3S3+. The number of rotatable bonds is 15. The normalized spacial score (nSPS) is 11.0. The van der Waals surface area contributed by atoms with Crippen LogP contribution < -0.4 is 19.7 Å². The zero-order valence-electron chi connectivity index (χ0n) is 34.9. The minimum Gasteiger partial charge on any atom is -0.339 e. The third-order valence-electron chi connectivity index (χ3n) is 10.5. The Kier molecular flexibility index (Phi) is 12.3. The number of pyridine rings is 3. The molecular weight excluding hydrogens is 879 g/mol.